The lowest BCUT2D eigenvalue weighted by atomic mass is 10.0. The average Bonchev–Trinajstić information content (AvgIpc) is 2.81. The summed E-state index contributed by atoms with van der Waals surface area (Å²) in [7, 11) is 0. The van der Waals surface area contributed by atoms with E-state index in [0.717, 1.165) is 4.48 Å². The van der Waals surface area contributed by atoms with Crippen LogP contribution in [0.5, 0.6) is 0 Å². The minimum Gasteiger partial charge on any atom is -1.00 e. The van der Waals surface area contributed by atoms with Crippen LogP contribution in [0.15, 0.2) is 30.3 Å². The van der Waals surface area contributed by atoms with Crippen molar-refractivity contribution in [3.63, 3.8) is 0 Å². The highest BCUT2D eigenvalue weighted by molar-refractivity contribution is 5.42. The number of benzene rings is 1. The molecule has 1 aromatic carbocycles. The second-order valence-corrected chi connectivity index (χ2v) is 9.85. The molecule has 0 fully saturated rings. The summed E-state index contributed by atoms with van der Waals surface area (Å²) in [6.07, 6.45) is 26.1. The predicted molar refractivity (Wildman–Crippen MR) is 143 cm³/mol. The highest BCUT2D eigenvalue weighted by Gasteiger charge is 2.25. The first kappa shape index (κ1) is 31.7. The van der Waals surface area contributed by atoms with Crippen molar-refractivity contribution in [1.29, 1.82) is 0 Å². The molecule has 2 heteroatoms. The third-order valence-electron chi connectivity index (χ3n) is 7.45. The van der Waals surface area contributed by atoms with E-state index in [-0.39, 0.29) is 17.0 Å². The Morgan fingerprint density at radius 1 is 0.469 bits per heavy atom. The topological polar surface area (TPSA) is 0 Å². The lowest BCUT2D eigenvalue weighted by molar-refractivity contribution is -0.00000681. The van der Waals surface area contributed by atoms with Gasteiger partial charge in [-0.15, -0.1) is 0 Å². The van der Waals surface area contributed by atoms with Crippen LogP contribution in [0, 0.1) is 0 Å². The van der Waals surface area contributed by atoms with Gasteiger partial charge in [0.15, 0.2) is 0 Å². The van der Waals surface area contributed by atoms with E-state index in [1.165, 1.54) is 141 Å². The molecule has 0 spiro atoms. The Hall–Kier alpha value is -0.340. The van der Waals surface area contributed by atoms with E-state index < -0.39 is 0 Å². The Morgan fingerprint density at radius 2 is 0.812 bits per heavy atom. The summed E-state index contributed by atoms with van der Waals surface area (Å²) >= 11 is 0. The molecule has 0 N–H and O–H groups in total. The maximum Gasteiger partial charge on any atom is 0.132 e. The van der Waals surface area contributed by atoms with E-state index in [0.29, 0.717) is 0 Å². The second-order valence-electron chi connectivity index (χ2n) is 9.85. The molecule has 0 saturated heterocycles. The van der Waals surface area contributed by atoms with Gasteiger partial charge < -0.3 is 17.0 Å². The zero-order valence-corrected chi connectivity index (χ0v) is 23.6. The molecule has 0 atom stereocenters. The van der Waals surface area contributed by atoms with Crippen molar-refractivity contribution in [3.05, 3.63) is 30.3 Å². The Bertz CT molecular complexity index is 483. The molecule has 0 aliphatic rings. The molecule has 1 nitrogen and oxygen atoms in total. The van der Waals surface area contributed by atoms with Crippen LogP contribution < -0.4 is 21.5 Å². The van der Waals surface area contributed by atoms with Gasteiger partial charge in [0, 0.05) is 0 Å². The number of para-hydroxylation sites is 1. The molecule has 1 aromatic rings. The van der Waals surface area contributed by atoms with Gasteiger partial charge in [-0.25, -0.2) is 0 Å². The van der Waals surface area contributed by atoms with Crippen molar-refractivity contribution in [2.45, 2.75) is 136 Å². The summed E-state index contributed by atoms with van der Waals surface area (Å²) in [4.78, 5) is 0. The molecule has 0 aliphatic heterocycles. The summed E-state index contributed by atoms with van der Waals surface area (Å²) in [5, 5.41) is 0. The molecule has 0 unspecified atom stereocenters. The smallest absolute Gasteiger partial charge is 0.132 e. The highest BCUT2D eigenvalue weighted by atomic mass is 79.9. The summed E-state index contributed by atoms with van der Waals surface area (Å²) in [6, 6.07) is 11.2. The van der Waals surface area contributed by atoms with Crippen molar-refractivity contribution in [2.24, 2.45) is 0 Å². The molecular formula is C30H56BrN. The molecule has 0 aliphatic carbocycles. The van der Waals surface area contributed by atoms with Crippen LogP contribution in [0.3, 0.4) is 0 Å². The fourth-order valence-electron chi connectivity index (χ4n) is 5.09. The van der Waals surface area contributed by atoms with Crippen LogP contribution in [0.4, 0.5) is 5.69 Å². The third-order valence-corrected chi connectivity index (χ3v) is 7.45. The van der Waals surface area contributed by atoms with Gasteiger partial charge in [-0.05, 0) is 38.8 Å². The molecule has 188 valence electrons. The first-order valence-electron chi connectivity index (χ1n) is 14.2. The lowest BCUT2D eigenvalue weighted by Crippen LogP contribution is -3.00. The minimum atomic E-state index is 0. The molecule has 1 rings (SSSR count). The van der Waals surface area contributed by atoms with Crippen LogP contribution in [0.2, 0.25) is 0 Å². The van der Waals surface area contributed by atoms with E-state index in [4.69, 9.17) is 0 Å². The number of halogens is 1. The second kappa shape index (κ2) is 22.5. The molecule has 0 radical (unpaired) electrons. The number of nitrogens with zero attached hydrogens (tertiary/aromatic N) is 1. The SMILES string of the molecule is CCCCCCCCCCCCCCCCCCCC[N+](CC)(CC)c1ccccc1.[Br-]. The summed E-state index contributed by atoms with van der Waals surface area (Å²) in [5.74, 6) is 0. The zero-order valence-electron chi connectivity index (χ0n) is 22.1. The molecule has 0 heterocycles. The van der Waals surface area contributed by atoms with Crippen LogP contribution in [-0.4, -0.2) is 19.6 Å². The van der Waals surface area contributed by atoms with Gasteiger partial charge >= 0.3 is 0 Å². The average molecular weight is 511 g/mol. The molecule has 0 bridgehead atoms. The lowest BCUT2D eigenvalue weighted by Gasteiger charge is -2.36. The van der Waals surface area contributed by atoms with Gasteiger partial charge in [0.05, 0.1) is 19.6 Å². The van der Waals surface area contributed by atoms with E-state index in [1.54, 1.807) is 0 Å². The molecule has 0 saturated carbocycles. The Labute approximate surface area is 213 Å². The van der Waals surface area contributed by atoms with Crippen LogP contribution in [0.1, 0.15) is 136 Å². The van der Waals surface area contributed by atoms with E-state index in [9.17, 15) is 0 Å². The fourth-order valence-corrected chi connectivity index (χ4v) is 5.09. The summed E-state index contributed by atoms with van der Waals surface area (Å²) < 4.78 is 1.15. The molecule has 0 amide bonds. The maximum absolute atomic E-state index is 2.35. The highest BCUT2D eigenvalue weighted by Crippen LogP contribution is 2.24. The van der Waals surface area contributed by atoms with E-state index >= 15 is 0 Å². The third kappa shape index (κ3) is 14.7. The van der Waals surface area contributed by atoms with Gasteiger partial charge in [-0.1, -0.05) is 128 Å². The Balaban J connectivity index is 0.00000961. The van der Waals surface area contributed by atoms with Crippen molar-refractivity contribution in [1.82, 2.24) is 4.48 Å². The summed E-state index contributed by atoms with van der Waals surface area (Å²) in [6.45, 7) is 10.7. The van der Waals surface area contributed by atoms with Crippen molar-refractivity contribution < 1.29 is 17.0 Å². The first-order chi connectivity index (χ1) is 15.3. The standard InChI is InChI=1S/C30H56N.BrH/c1-4-7-8-9-10-11-12-13-14-15-16-17-18-19-20-21-22-26-29-31(5-2,6-3)30-27-24-23-25-28-30;/h23-25,27-28H,4-22,26,29H2,1-3H3;1H/q+1;/p-1. The molecule has 32 heavy (non-hydrogen) atoms. The number of unbranched alkanes of at least 4 members (excludes halogenated alkanes) is 17. The van der Waals surface area contributed by atoms with Crippen molar-refractivity contribution in [3.8, 4) is 0 Å². The first-order valence-corrected chi connectivity index (χ1v) is 14.2. The van der Waals surface area contributed by atoms with Gasteiger partial charge in [-0.2, -0.15) is 0 Å². The predicted octanol–water partition coefficient (Wildman–Crippen LogP) is 7.08. The molecular weight excluding hydrogens is 454 g/mol. The van der Waals surface area contributed by atoms with Crippen molar-refractivity contribution in [2.75, 3.05) is 19.6 Å². The minimum absolute atomic E-state index is 0. The van der Waals surface area contributed by atoms with Gasteiger partial charge in [0.1, 0.15) is 5.69 Å². The Morgan fingerprint density at radius 3 is 1.16 bits per heavy atom. The van der Waals surface area contributed by atoms with Gasteiger partial charge in [0.2, 0.25) is 0 Å². The number of rotatable bonds is 22. The monoisotopic (exact) mass is 509 g/mol. The zero-order chi connectivity index (χ0) is 22.5. The van der Waals surface area contributed by atoms with Gasteiger partial charge in [-0.3, -0.25) is 4.48 Å². The van der Waals surface area contributed by atoms with Gasteiger partial charge in [0.25, 0.3) is 0 Å². The fraction of sp³-hybridized carbons (Fsp3) is 0.800. The van der Waals surface area contributed by atoms with Crippen LogP contribution in [0.25, 0.3) is 0 Å². The molecule has 0 aromatic heterocycles. The number of hydrogen-bond acceptors (Lipinski definition) is 0. The number of hydrogen-bond donors (Lipinski definition) is 0. The quantitative estimate of drug-likeness (QED) is 0.116. The Kier molecular flexibility index (Phi) is 22.2. The summed E-state index contributed by atoms with van der Waals surface area (Å²) in [5.41, 5.74) is 1.50. The largest absolute Gasteiger partial charge is 1.00 e. The van der Waals surface area contributed by atoms with Crippen LogP contribution >= 0.6 is 0 Å². The normalized spacial score (nSPS) is 11.5. The van der Waals surface area contributed by atoms with E-state index in [2.05, 4.69) is 51.1 Å². The van der Waals surface area contributed by atoms with Crippen molar-refractivity contribution >= 4 is 5.69 Å². The number of quaternary nitrogens is 1. The maximum atomic E-state index is 2.35. The van der Waals surface area contributed by atoms with Crippen LogP contribution in [-0.2, 0) is 0 Å². The van der Waals surface area contributed by atoms with E-state index in [1.807, 2.05) is 0 Å².